The first-order valence-corrected chi connectivity index (χ1v) is 23.4. The molecule has 6 aromatic carbocycles. The number of rotatable bonds is 11. The first-order valence-electron chi connectivity index (χ1n) is 22.3. The Morgan fingerprint density at radius 3 is 1.61 bits per heavy atom. The number of hydrogen-bond donors (Lipinski definition) is 0. The van der Waals surface area contributed by atoms with Crippen LogP contribution in [0, 0.1) is 3.57 Å². The summed E-state index contributed by atoms with van der Waals surface area (Å²) in [6.45, 7) is 5.67. The van der Waals surface area contributed by atoms with Gasteiger partial charge in [0.2, 0.25) is 12.6 Å². The number of fused-ring (bicyclic) bond motifs is 4. The zero-order chi connectivity index (χ0) is 48.7. The zero-order valence-corrected chi connectivity index (χ0v) is 41.4. The van der Waals surface area contributed by atoms with E-state index in [2.05, 4.69) is 45.5 Å². The second-order valence-electron chi connectivity index (χ2n) is 15.2. The Labute approximate surface area is 415 Å². The lowest BCUT2D eigenvalue weighted by atomic mass is 9.98. The Kier molecular flexibility index (Phi) is 17.8. The molecule has 2 aromatic heterocycles. The Balaban J connectivity index is 0.000000169. The summed E-state index contributed by atoms with van der Waals surface area (Å²) in [7, 11) is 6.04. The van der Waals surface area contributed by atoms with Crippen molar-refractivity contribution < 1.29 is 47.5 Å². The highest BCUT2D eigenvalue weighted by atomic mass is 127. The molecular weight excluding hydrogens is 988 g/mol. The van der Waals surface area contributed by atoms with Crippen LogP contribution in [0.3, 0.4) is 0 Å². The van der Waals surface area contributed by atoms with Crippen LogP contribution in [0.15, 0.2) is 152 Å². The van der Waals surface area contributed by atoms with Crippen molar-refractivity contribution in [3.63, 3.8) is 0 Å². The normalized spacial score (nSPS) is 14.1. The minimum absolute atomic E-state index is 0.260. The lowest BCUT2D eigenvalue weighted by Gasteiger charge is -2.16. The number of esters is 2. The number of para-hydroxylation sites is 3. The number of halogens is 1. The van der Waals surface area contributed by atoms with Gasteiger partial charge in [0.05, 0.1) is 77.0 Å². The van der Waals surface area contributed by atoms with E-state index in [-0.39, 0.29) is 18.5 Å². The molecule has 13 heteroatoms. The van der Waals surface area contributed by atoms with Crippen LogP contribution in [0.4, 0.5) is 0 Å². The first-order chi connectivity index (χ1) is 33.8. The van der Waals surface area contributed by atoms with Crippen molar-refractivity contribution >= 4 is 56.3 Å². The van der Waals surface area contributed by atoms with Crippen LogP contribution in [0.2, 0.25) is 0 Å². The topological polar surface area (TPSA) is 134 Å². The predicted molar refractivity (Wildman–Crippen MR) is 273 cm³/mol. The summed E-state index contributed by atoms with van der Waals surface area (Å²) in [6, 6.07) is 48.5. The van der Waals surface area contributed by atoms with E-state index in [0.717, 1.165) is 75.9 Å². The fourth-order valence-corrected chi connectivity index (χ4v) is 8.31. The predicted octanol–water partition coefficient (Wildman–Crippen LogP) is 12.5. The molecule has 0 radical (unpaired) electrons. The van der Waals surface area contributed by atoms with E-state index in [1.54, 1.807) is 26.4 Å². The molecular formula is C56H53IN2O10. The van der Waals surface area contributed by atoms with E-state index < -0.39 is 12.6 Å². The van der Waals surface area contributed by atoms with Crippen molar-refractivity contribution in [2.75, 3.05) is 28.4 Å². The van der Waals surface area contributed by atoms with Gasteiger partial charge < -0.3 is 37.9 Å². The number of ether oxygens (including phenoxy) is 8. The molecule has 0 fully saturated rings. The Bertz CT molecular complexity index is 3030. The fraction of sp³-hybridized carbons (Fsp3) is 0.214. The summed E-state index contributed by atoms with van der Waals surface area (Å²) < 4.78 is 45.1. The molecule has 0 saturated carbocycles. The molecule has 0 bridgehead atoms. The maximum Gasteiger partial charge on any atom is 0.338 e. The van der Waals surface area contributed by atoms with Crippen LogP contribution in [0.5, 0.6) is 11.5 Å². The van der Waals surface area contributed by atoms with Gasteiger partial charge in [0, 0.05) is 36.6 Å². The van der Waals surface area contributed by atoms with Gasteiger partial charge in [-0.1, -0.05) is 105 Å². The molecule has 354 valence electrons. The summed E-state index contributed by atoms with van der Waals surface area (Å²) in [4.78, 5) is 32.7. The minimum atomic E-state index is -0.555. The molecule has 2 atom stereocenters. The van der Waals surface area contributed by atoms with Crippen molar-refractivity contribution in [3.05, 3.63) is 200 Å². The molecule has 0 N–H and O–H groups in total. The quantitative estimate of drug-likeness (QED) is 0.0902. The van der Waals surface area contributed by atoms with Crippen molar-refractivity contribution in [2.45, 2.75) is 52.9 Å². The summed E-state index contributed by atoms with van der Waals surface area (Å²) in [5.41, 5.74) is 10.3. The second kappa shape index (κ2) is 24.5. The molecule has 10 rings (SSSR count). The van der Waals surface area contributed by atoms with Gasteiger partial charge in [-0.2, -0.15) is 0 Å². The third-order valence-corrected chi connectivity index (χ3v) is 12.0. The molecule has 8 aromatic rings. The molecule has 69 heavy (non-hydrogen) atoms. The number of nitrogens with zero attached hydrogens (tertiary/aromatic N) is 2. The van der Waals surface area contributed by atoms with Gasteiger partial charge in [0.1, 0.15) is 22.9 Å². The minimum Gasteiger partial charge on any atom is -0.496 e. The summed E-state index contributed by atoms with van der Waals surface area (Å²) in [5.74, 6) is 0.847. The summed E-state index contributed by atoms with van der Waals surface area (Å²) in [6.07, 6.45) is -0.986. The van der Waals surface area contributed by atoms with Crippen LogP contribution in [-0.2, 0) is 54.8 Å². The smallest absolute Gasteiger partial charge is 0.338 e. The Morgan fingerprint density at radius 2 is 1.03 bits per heavy atom. The Hall–Kier alpha value is -6.75. The molecule has 0 aliphatic carbocycles. The lowest BCUT2D eigenvalue weighted by molar-refractivity contribution is -0.147. The van der Waals surface area contributed by atoms with Gasteiger partial charge in [-0.25, -0.2) is 19.6 Å². The van der Waals surface area contributed by atoms with E-state index in [4.69, 9.17) is 43.1 Å². The van der Waals surface area contributed by atoms with Crippen molar-refractivity contribution in [1.29, 1.82) is 0 Å². The van der Waals surface area contributed by atoms with Gasteiger partial charge in [-0.3, -0.25) is 0 Å². The Morgan fingerprint density at radius 1 is 0.551 bits per heavy atom. The van der Waals surface area contributed by atoms with Gasteiger partial charge in [-0.15, -0.1) is 0 Å². The molecule has 0 saturated heterocycles. The van der Waals surface area contributed by atoms with E-state index >= 15 is 0 Å². The second-order valence-corrected chi connectivity index (χ2v) is 16.4. The average molecular weight is 1040 g/mol. The molecule has 2 aliphatic heterocycles. The summed E-state index contributed by atoms with van der Waals surface area (Å²) >= 11 is 2.10. The van der Waals surface area contributed by atoms with Gasteiger partial charge in [0.15, 0.2) is 0 Å². The number of carbonyl (C=O) groups is 2. The van der Waals surface area contributed by atoms with Crippen molar-refractivity contribution in [1.82, 2.24) is 9.97 Å². The fourth-order valence-electron chi connectivity index (χ4n) is 7.70. The van der Waals surface area contributed by atoms with Crippen LogP contribution in [-0.4, -0.2) is 50.3 Å². The number of methoxy groups -OCH3 is 4. The lowest BCUT2D eigenvalue weighted by Crippen LogP contribution is -2.06. The first kappa shape index (κ1) is 50.1. The average Bonchev–Trinajstić information content (AvgIpc) is 4.01. The third-order valence-electron chi connectivity index (χ3n) is 11.1. The highest BCUT2D eigenvalue weighted by Crippen LogP contribution is 2.36. The molecule has 4 heterocycles. The highest BCUT2D eigenvalue weighted by molar-refractivity contribution is 14.1. The maximum atomic E-state index is 12.2. The largest absolute Gasteiger partial charge is 0.496 e. The molecule has 12 nitrogen and oxygen atoms in total. The van der Waals surface area contributed by atoms with E-state index in [1.807, 2.05) is 135 Å². The zero-order valence-electron chi connectivity index (χ0n) is 39.3. The molecule has 0 spiro atoms. The monoisotopic (exact) mass is 1040 g/mol. The number of carbonyl (C=O) groups excluding carboxylic acids is 2. The number of pyridine rings is 2. The van der Waals surface area contributed by atoms with E-state index in [1.165, 1.54) is 14.2 Å². The van der Waals surface area contributed by atoms with Crippen LogP contribution >= 0.6 is 22.6 Å². The maximum absolute atomic E-state index is 12.2. The number of benzene rings is 6. The number of aromatic nitrogens is 2. The van der Waals surface area contributed by atoms with Crippen molar-refractivity contribution in [2.24, 2.45) is 0 Å². The molecule has 0 amide bonds. The summed E-state index contributed by atoms with van der Waals surface area (Å²) in [5, 5.41) is 2.21. The van der Waals surface area contributed by atoms with Crippen molar-refractivity contribution in [3.8, 4) is 22.6 Å². The molecule has 2 aliphatic rings. The van der Waals surface area contributed by atoms with Crippen LogP contribution in [0.25, 0.3) is 32.9 Å². The SMILES string of the molecule is CC.COC(=O)c1ccccc1-c1ccc(OC)c(COC2OCc3cc4ccccc4nc32)c1.COC(=O)c1ccccc1I.COc1ccccc1COC1OCc2cc3ccccc3nc21. The highest BCUT2D eigenvalue weighted by Gasteiger charge is 2.28. The third kappa shape index (κ3) is 12.1. The van der Waals surface area contributed by atoms with Crippen LogP contribution in [0.1, 0.15) is 80.8 Å². The van der Waals surface area contributed by atoms with E-state index in [0.29, 0.717) is 36.7 Å². The van der Waals surface area contributed by atoms with Gasteiger partial charge in [-0.05, 0) is 94.4 Å². The van der Waals surface area contributed by atoms with Gasteiger partial charge in [0.25, 0.3) is 0 Å². The van der Waals surface area contributed by atoms with E-state index in [9.17, 15) is 9.59 Å². The standard InChI is InChI=1S/C27H23NO5.C19H17NO3.C8H7IO2.C2H6/c1-30-24-12-11-17(21-8-4-5-9-22(21)26(29)31-2)13-19(24)15-32-27-25-20(16-33-27)14-18-7-3-6-10-23(18)28-25;1-21-17-9-5-3-7-14(17)11-22-19-18-15(12-23-19)10-13-6-2-4-8-16(13)20-18;1-11-8(10)6-4-2-3-5-7(6)9;1-2/h3-14,27H,15-16H2,1-2H3;2-10,19H,11-12H2,1H3;2-5H,1H3;1-2H3. The molecule has 2 unspecified atom stereocenters. The number of hydrogen-bond acceptors (Lipinski definition) is 12. The van der Waals surface area contributed by atoms with Gasteiger partial charge >= 0.3 is 11.9 Å². The van der Waals surface area contributed by atoms with Crippen LogP contribution < -0.4 is 9.47 Å².